The molecule has 0 saturated heterocycles. The lowest BCUT2D eigenvalue weighted by atomic mass is 10.1. The summed E-state index contributed by atoms with van der Waals surface area (Å²) < 4.78 is 0. The van der Waals surface area contributed by atoms with Crippen LogP contribution in [0.3, 0.4) is 0 Å². The molecule has 0 saturated carbocycles. The molecule has 1 unspecified atom stereocenters. The minimum atomic E-state index is -1.11. The molecule has 0 fully saturated rings. The summed E-state index contributed by atoms with van der Waals surface area (Å²) in [4.78, 5) is 12.6. The van der Waals surface area contributed by atoms with Crippen LogP contribution < -0.4 is 10.6 Å². The van der Waals surface area contributed by atoms with Gasteiger partial charge in [-0.15, -0.1) is 11.3 Å². The molecule has 21 heavy (non-hydrogen) atoms. The third-order valence-corrected chi connectivity index (χ3v) is 4.02. The molecule has 6 heteroatoms. The van der Waals surface area contributed by atoms with E-state index in [0.29, 0.717) is 11.3 Å². The zero-order valence-electron chi connectivity index (χ0n) is 11.5. The minimum Gasteiger partial charge on any atom is -0.383 e. The fraction of sp³-hybridized carbons (Fsp3) is 0.200. The monoisotopic (exact) mass is 301 g/mol. The van der Waals surface area contributed by atoms with Crippen LogP contribution in [0, 0.1) is 11.3 Å². The van der Waals surface area contributed by atoms with Crippen LogP contribution in [0.4, 0.5) is 10.5 Å². The summed E-state index contributed by atoms with van der Waals surface area (Å²) in [6.07, 6.45) is 0. The summed E-state index contributed by atoms with van der Waals surface area (Å²) in [7, 11) is 0. The van der Waals surface area contributed by atoms with E-state index >= 15 is 0 Å². The Morgan fingerprint density at radius 1 is 1.43 bits per heavy atom. The first-order chi connectivity index (χ1) is 10.0. The van der Waals surface area contributed by atoms with Crippen molar-refractivity contribution in [3.63, 3.8) is 0 Å². The minimum absolute atomic E-state index is 0.0945. The van der Waals surface area contributed by atoms with Gasteiger partial charge in [-0.05, 0) is 36.6 Å². The number of amides is 2. The zero-order valence-corrected chi connectivity index (χ0v) is 12.3. The van der Waals surface area contributed by atoms with Crippen LogP contribution in [0.25, 0.3) is 0 Å². The lowest BCUT2D eigenvalue weighted by Gasteiger charge is -2.22. The summed E-state index contributed by atoms with van der Waals surface area (Å²) in [6.45, 7) is 1.74. The molecule has 2 amide bonds. The van der Waals surface area contributed by atoms with Gasteiger partial charge in [0, 0.05) is 10.6 Å². The second-order valence-corrected chi connectivity index (χ2v) is 5.70. The second kappa shape index (κ2) is 6.39. The van der Waals surface area contributed by atoms with Crippen molar-refractivity contribution < 1.29 is 9.90 Å². The molecule has 1 atom stereocenters. The van der Waals surface area contributed by atoms with Gasteiger partial charge in [-0.3, -0.25) is 0 Å². The molecule has 0 bridgehead atoms. The standard InChI is InChI=1S/C15H15N3O2S/c1-15(20,13-6-3-7-21-13)10-17-14(19)18-12-5-2-4-11(8-12)9-16/h2-8,20H,10H2,1H3,(H2,17,18,19). The van der Waals surface area contributed by atoms with Crippen molar-refractivity contribution in [3.05, 3.63) is 52.2 Å². The quantitative estimate of drug-likeness (QED) is 0.811. The van der Waals surface area contributed by atoms with E-state index in [2.05, 4.69) is 10.6 Å². The molecule has 1 heterocycles. The van der Waals surface area contributed by atoms with Gasteiger partial charge in [0.2, 0.25) is 0 Å². The van der Waals surface area contributed by atoms with Crippen LogP contribution in [0.5, 0.6) is 0 Å². The van der Waals surface area contributed by atoms with Crippen LogP contribution in [0.2, 0.25) is 0 Å². The molecular weight excluding hydrogens is 286 g/mol. The topological polar surface area (TPSA) is 85.2 Å². The van der Waals surface area contributed by atoms with E-state index in [0.717, 1.165) is 4.88 Å². The van der Waals surface area contributed by atoms with E-state index in [4.69, 9.17) is 5.26 Å². The molecule has 0 spiro atoms. The highest BCUT2D eigenvalue weighted by Gasteiger charge is 2.24. The Morgan fingerprint density at radius 2 is 2.24 bits per heavy atom. The van der Waals surface area contributed by atoms with Crippen LogP contribution in [-0.2, 0) is 5.60 Å². The van der Waals surface area contributed by atoms with Gasteiger partial charge in [0.1, 0.15) is 5.60 Å². The number of anilines is 1. The van der Waals surface area contributed by atoms with Crippen molar-refractivity contribution in [2.75, 3.05) is 11.9 Å². The molecule has 0 aliphatic carbocycles. The number of hydrogen-bond donors (Lipinski definition) is 3. The largest absolute Gasteiger partial charge is 0.383 e. The Morgan fingerprint density at radius 3 is 2.90 bits per heavy atom. The van der Waals surface area contributed by atoms with Gasteiger partial charge in [-0.25, -0.2) is 4.79 Å². The van der Waals surface area contributed by atoms with Crippen LogP contribution in [0.1, 0.15) is 17.4 Å². The number of nitrogens with zero attached hydrogens (tertiary/aromatic N) is 1. The fourth-order valence-corrected chi connectivity index (χ4v) is 2.55. The van der Waals surface area contributed by atoms with Crippen molar-refractivity contribution >= 4 is 23.1 Å². The smallest absolute Gasteiger partial charge is 0.319 e. The number of aliphatic hydroxyl groups is 1. The molecule has 1 aromatic carbocycles. The zero-order chi connectivity index (χ0) is 15.3. The average Bonchev–Trinajstić information content (AvgIpc) is 3.00. The predicted octanol–water partition coefficient (Wildman–Crippen LogP) is 2.65. The maximum Gasteiger partial charge on any atom is 0.319 e. The summed E-state index contributed by atoms with van der Waals surface area (Å²) in [5.74, 6) is 0. The van der Waals surface area contributed by atoms with E-state index in [9.17, 15) is 9.90 Å². The first kappa shape index (κ1) is 15.0. The Hall–Kier alpha value is -2.36. The maximum absolute atomic E-state index is 11.8. The molecular formula is C15H15N3O2S. The lowest BCUT2D eigenvalue weighted by molar-refractivity contribution is 0.0637. The average molecular weight is 301 g/mol. The Labute approximate surface area is 126 Å². The molecule has 2 aromatic rings. The number of thiophene rings is 1. The molecule has 1 aromatic heterocycles. The Kier molecular flexibility index (Phi) is 4.58. The Bertz CT molecular complexity index is 660. The summed E-state index contributed by atoms with van der Waals surface area (Å²) in [6, 6.07) is 11.9. The molecule has 0 aliphatic heterocycles. The third kappa shape index (κ3) is 4.05. The van der Waals surface area contributed by atoms with Gasteiger partial charge in [0.25, 0.3) is 0 Å². The number of hydrogen-bond acceptors (Lipinski definition) is 4. The first-order valence-electron chi connectivity index (χ1n) is 6.32. The van der Waals surface area contributed by atoms with Gasteiger partial charge < -0.3 is 15.7 Å². The highest BCUT2D eigenvalue weighted by molar-refractivity contribution is 7.10. The molecule has 5 nitrogen and oxygen atoms in total. The van der Waals surface area contributed by atoms with E-state index < -0.39 is 11.6 Å². The van der Waals surface area contributed by atoms with E-state index in [1.165, 1.54) is 11.3 Å². The normalized spacial score (nSPS) is 13.0. The highest BCUT2D eigenvalue weighted by atomic mass is 32.1. The van der Waals surface area contributed by atoms with Gasteiger partial charge in [0.05, 0.1) is 18.2 Å². The summed E-state index contributed by atoms with van der Waals surface area (Å²) in [5.41, 5.74) is -0.110. The second-order valence-electron chi connectivity index (χ2n) is 4.75. The number of benzene rings is 1. The summed E-state index contributed by atoms with van der Waals surface area (Å²) in [5, 5.41) is 26.2. The van der Waals surface area contributed by atoms with Crippen LogP contribution >= 0.6 is 11.3 Å². The van der Waals surface area contributed by atoms with Crippen molar-refractivity contribution in [2.45, 2.75) is 12.5 Å². The van der Waals surface area contributed by atoms with E-state index in [-0.39, 0.29) is 6.54 Å². The SMILES string of the molecule is CC(O)(CNC(=O)Nc1cccc(C#N)c1)c1cccs1. The number of carbonyl (C=O) groups is 1. The van der Waals surface area contributed by atoms with Gasteiger partial charge in [-0.2, -0.15) is 5.26 Å². The molecule has 108 valence electrons. The molecule has 0 aliphatic rings. The van der Waals surface area contributed by atoms with E-state index in [1.807, 2.05) is 23.6 Å². The number of rotatable bonds is 4. The third-order valence-electron chi connectivity index (χ3n) is 2.89. The van der Waals surface area contributed by atoms with E-state index in [1.54, 1.807) is 31.2 Å². The predicted molar refractivity (Wildman–Crippen MR) is 82.1 cm³/mol. The van der Waals surface area contributed by atoms with Gasteiger partial charge in [-0.1, -0.05) is 12.1 Å². The number of nitriles is 1. The maximum atomic E-state index is 11.8. The van der Waals surface area contributed by atoms with Crippen LogP contribution in [0.15, 0.2) is 41.8 Å². The van der Waals surface area contributed by atoms with Gasteiger partial charge in [0.15, 0.2) is 0 Å². The molecule has 2 rings (SSSR count). The highest BCUT2D eigenvalue weighted by Crippen LogP contribution is 2.24. The number of urea groups is 1. The van der Waals surface area contributed by atoms with Crippen molar-refractivity contribution in [3.8, 4) is 6.07 Å². The van der Waals surface area contributed by atoms with Crippen LogP contribution in [-0.4, -0.2) is 17.7 Å². The van der Waals surface area contributed by atoms with Crippen molar-refractivity contribution in [1.82, 2.24) is 5.32 Å². The van der Waals surface area contributed by atoms with Crippen molar-refractivity contribution in [1.29, 1.82) is 5.26 Å². The fourth-order valence-electron chi connectivity index (χ4n) is 1.77. The molecule has 0 radical (unpaired) electrons. The first-order valence-corrected chi connectivity index (χ1v) is 7.20. The lowest BCUT2D eigenvalue weighted by Crippen LogP contribution is -2.40. The molecule has 3 N–H and O–H groups in total. The van der Waals surface area contributed by atoms with Gasteiger partial charge >= 0.3 is 6.03 Å². The number of carbonyl (C=O) groups excluding carboxylic acids is 1. The number of nitrogens with one attached hydrogen (secondary N) is 2. The van der Waals surface area contributed by atoms with Crippen molar-refractivity contribution in [2.24, 2.45) is 0 Å². The summed E-state index contributed by atoms with van der Waals surface area (Å²) >= 11 is 1.43. The Balaban J connectivity index is 1.92.